The number of rotatable bonds is 5. The molecule has 6 rings (SSSR count). The molecule has 11 heteroatoms. The van der Waals surface area contributed by atoms with Crippen molar-refractivity contribution in [1.29, 1.82) is 0 Å². The van der Waals surface area contributed by atoms with Crippen molar-refractivity contribution in [2.75, 3.05) is 24.5 Å². The van der Waals surface area contributed by atoms with E-state index >= 15 is 8.78 Å². The Morgan fingerprint density at radius 3 is 2.40 bits per heavy atom. The fraction of sp³-hybridized carbons (Fsp3) is 0.484. The first-order chi connectivity index (χ1) is 20.1. The van der Waals surface area contributed by atoms with Crippen LogP contribution < -0.4 is 15.4 Å². The lowest BCUT2D eigenvalue weighted by molar-refractivity contribution is -0.185. The fourth-order valence-electron chi connectivity index (χ4n) is 6.24. The van der Waals surface area contributed by atoms with E-state index in [1.807, 2.05) is 24.8 Å². The third kappa shape index (κ3) is 4.98. The zero-order valence-electron chi connectivity index (χ0n) is 23.8. The van der Waals surface area contributed by atoms with E-state index in [4.69, 9.17) is 15.0 Å². The van der Waals surface area contributed by atoms with Crippen LogP contribution in [0.5, 0.6) is 5.75 Å². The van der Waals surface area contributed by atoms with Crippen molar-refractivity contribution >= 4 is 17.8 Å². The number of carbonyl (C=O) groups excluding carboxylic acids is 2. The number of alkyl halides is 2. The Morgan fingerprint density at radius 1 is 1.02 bits per heavy atom. The van der Waals surface area contributed by atoms with Crippen LogP contribution in [0.25, 0.3) is 11.1 Å². The van der Waals surface area contributed by atoms with Crippen LogP contribution in [0.4, 0.5) is 14.8 Å². The quantitative estimate of drug-likeness (QED) is 0.455. The Labute approximate surface area is 243 Å². The van der Waals surface area contributed by atoms with E-state index in [9.17, 15) is 9.59 Å². The van der Waals surface area contributed by atoms with Crippen LogP contribution in [0.15, 0.2) is 47.0 Å². The monoisotopic (exact) mass is 579 g/mol. The number of likely N-dealkylation sites (tertiary alicyclic amines) is 1. The summed E-state index contributed by atoms with van der Waals surface area (Å²) in [6.07, 6.45) is 2.09. The molecule has 0 bridgehead atoms. The van der Waals surface area contributed by atoms with Crippen molar-refractivity contribution in [3.63, 3.8) is 0 Å². The highest BCUT2D eigenvalue weighted by molar-refractivity contribution is 5.97. The average Bonchev–Trinajstić information content (AvgIpc) is 3.48. The zero-order chi connectivity index (χ0) is 29.6. The van der Waals surface area contributed by atoms with Gasteiger partial charge in [-0.1, -0.05) is 37.2 Å². The minimum Gasteiger partial charge on any atom is -0.481 e. The first kappa shape index (κ1) is 28.1. The van der Waals surface area contributed by atoms with E-state index < -0.39 is 29.9 Å². The predicted octanol–water partition coefficient (Wildman–Crippen LogP) is 4.95. The molecule has 2 saturated heterocycles. The normalized spacial score (nSPS) is 21.2. The Hall–Kier alpha value is -4.02. The van der Waals surface area contributed by atoms with Gasteiger partial charge in [0, 0.05) is 55.9 Å². The van der Waals surface area contributed by atoms with Gasteiger partial charge in [-0.2, -0.15) is 4.98 Å². The molecule has 4 heterocycles. The highest BCUT2D eigenvalue weighted by atomic mass is 19.3. The standard InChI is InChI=1S/C31H35F2N5O4/c1-19(2)27-35-29(42-36-27)37-15-12-30(13-16-37)31(32,33)18-23-17-22(10-11-25(23)41-30)20-6-8-21(9-7-20)28(40)38-14-4-3-5-24(38)26(34)39/h6-11,17,19,24H,3-5,12-16,18H2,1-2H3,(H2,34,39)/t24-/m0/s1. The van der Waals surface area contributed by atoms with Crippen LogP contribution in [-0.4, -0.2) is 64.1 Å². The Bertz CT molecular complexity index is 1480. The van der Waals surface area contributed by atoms with Crippen molar-refractivity contribution in [3.05, 3.63) is 59.4 Å². The van der Waals surface area contributed by atoms with Gasteiger partial charge in [0.15, 0.2) is 11.4 Å². The predicted molar refractivity (Wildman–Crippen MR) is 152 cm³/mol. The number of nitrogens with two attached hydrogens (primary N) is 1. The third-order valence-electron chi connectivity index (χ3n) is 8.79. The zero-order valence-corrected chi connectivity index (χ0v) is 23.8. The number of piperidine rings is 2. The molecule has 1 aromatic heterocycles. The van der Waals surface area contributed by atoms with E-state index in [1.54, 1.807) is 41.3 Å². The Balaban J connectivity index is 1.16. The number of benzene rings is 2. The van der Waals surface area contributed by atoms with Crippen LogP contribution in [0, 0.1) is 0 Å². The van der Waals surface area contributed by atoms with E-state index in [-0.39, 0.29) is 24.7 Å². The van der Waals surface area contributed by atoms with Gasteiger partial charge in [-0.25, -0.2) is 8.78 Å². The summed E-state index contributed by atoms with van der Waals surface area (Å²) in [6, 6.07) is 12.1. The summed E-state index contributed by atoms with van der Waals surface area (Å²) in [6.45, 7) is 5.07. The average molecular weight is 580 g/mol. The SMILES string of the molecule is CC(C)c1noc(N2CCC3(CC2)Oc2ccc(-c4ccc(C(=O)N5CCCC[C@H]5C(N)=O)cc4)cc2CC3(F)F)n1. The molecular formula is C31H35F2N5O4. The molecule has 0 unspecified atom stereocenters. The van der Waals surface area contributed by atoms with Crippen molar-refractivity contribution in [3.8, 4) is 16.9 Å². The summed E-state index contributed by atoms with van der Waals surface area (Å²) in [5, 5.41) is 3.99. The van der Waals surface area contributed by atoms with Gasteiger partial charge >= 0.3 is 6.01 Å². The molecule has 2 fully saturated rings. The van der Waals surface area contributed by atoms with Crippen LogP contribution in [-0.2, 0) is 11.2 Å². The lowest BCUT2D eigenvalue weighted by Crippen LogP contribution is -2.61. The minimum absolute atomic E-state index is 0.113. The van der Waals surface area contributed by atoms with E-state index in [2.05, 4.69) is 10.1 Å². The Morgan fingerprint density at radius 2 is 1.74 bits per heavy atom. The molecule has 3 aliphatic heterocycles. The van der Waals surface area contributed by atoms with Gasteiger partial charge in [-0.3, -0.25) is 9.59 Å². The van der Waals surface area contributed by atoms with Gasteiger partial charge in [0.25, 0.3) is 11.8 Å². The number of ether oxygens (including phenoxy) is 1. The molecule has 1 atom stereocenters. The van der Waals surface area contributed by atoms with Crippen LogP contribution >= 0.6 is 0 Å². The van der Waals surface area contributed by atoms with Crippen molar-refractivity contribution < 1.29 is 27.6 Å². The van der Waals surface area contributed by atoms with Crippen LogP contribution in [0.3, 0.4) is 0 Å². The second-order valence-corrected chi connectivity index (χ2v) is 11.9. The molecule has 0 radical (unpaired) electrons. The van der Waals surface area contributed by atoms with E-state index in [1.165, 1.54) is 0 Å². The fourth-order valence-corrected chi connectivity index (χ4v) is 6.24. The highest BCUT2D eigenvalue weighted by Crippen LogP contribution is 2.49. The summed E-state index contributed by atoms with van der Waals surface area (Å²) in [5.74, 6) is -2.63. The van der Waals surface area contributed by atoms with Gasteiger partial charge in [0.05, 0.1) is 0 Å². The second kappa shape index (κ2) is 10.7. The first-order valence-electron chi connectivity index (χ1n) is 14.6. The lowest BCUT2D eigenvalue weighted by atomic mass is 9.79. The largest absolute Gasteiger partial charge is 0.481 e. The molecule has 3 aromatic rings. The van der Waals surface area contributed by atoms with E-state index in [0.29, 0.717) is 54.8 Å². The molecule has 9 nitrogen and oxygen atoms in total. The topological polar surface area (TPSA) is 115 Å². The van der Waals surface area contributed by atoms with Crippen molar-refractivity contribution in [2.24, 2.45) is 5.73 Å². The Kier molecular flexibility index (Phi) is 7.14. The van der Waals surface area contributed by atoms with Gasteiger partial charge < -0.3 is 24.8 Å². The number of amides is 2. The van der Waals surface area contributed by atoms with Gasteiger partial charge in [-0.05, 0) is 54.7 Å². The number of hydrogen-bond acceptors (Lipinski definition) is 7. The highest BCUT2D eigenvalue weighted by Gasteiger charge is 2.59. The number of primary amides is 1. The molecular weight excluding hydrogens is 544 g/mol. The summed E-state index contributed by atoms with van der Waals surface area (Å²) in [5.41, 5.74) is 6.37. The molecule has 0 aliphatic carbocycles. The van der Waals surface area contributed by atoms with Gasteiger partial charge in [0.2, 0.25) is 5.91 Å². The van der Waals surface area contributed by atoms with Gasteiger partial charge in [-0.15, -0.1) is 0 Å². The summed E-state index contributed by atoms with van der Waals surface area (Å²) >= 11 is 0. The van der Waals surface area contributed by atoms with Crippen LogP contribution in [0.1, 0.15) is 73.6 Å². The molecule has 2 aromatic carbocycles. The second-order valence-electron chi connectivity index (χ2n) is 11.9. The third-order valence-corrected chi connectivity index (χ3v) is 8.79. The molecule has 42 heavy (non-hydrogen) atoms. The first-order valence-corrected chi connectivity index (χ1v) is 14.6. The molecule has 0 saturated carbocycles. The minimum atomic E-state index is -3.07. The molecule has 3 aliphatic rings. The van der Waals surface area contributed by atoms with Crippen molar-refractivity contribution in [1.82, 2.24) is 15.0 Å². The summed E-state index contributed by atoms with van der Waals surface area (Å²) in [4.78, 5) is 32.8. The molecule has 2 N–H and O–H groups in total. The number of hydrogen-bond donors (Lipinski definition) is 1. The molecule has 2 amide bonds. The number of nitrogens with zero attached hydrogens (tertiary/aromatic N) is 4. The van der Waals surface area contributed by atoms with Crippen LogP contribution in [0.2, 0.25) is 0 Å². The van der Waals surface area contributed by atoms with Gasteiger partial charge in [0.1, 0.15) is 11.8 Å². The summed E-state index contributed by atoms with van der Waals surface area (Å²) in [7, 11) is 0. The molecule has 1 spiro atoms. The number of carbonyl (C=O) groups is 2. The van der Waals surface area contributed by atoms with E-state index in [0.717, 1.165) is 24.0 Å². The maximum Gasteiger partial charge on any atom is 0.324 e. The maximum atomic E-state index is 15.7. The lowest BCUT2D eigenvalue weighted by Gasteiger charge is -2.48. The number of aromatic nitrogens is 2. The van der Waals surface area contributed by atoms with Crippen molar-refractivity contribution in [2.45, 2.75) is 75.9 Å². The maximum absolute atomic E-state index is 15.7. The smallest absolute Gasteiger partial charge is 0.324 e. The molecule has 222 valence electrons. The number of fused-ring (bicyclic) bond motifs is 1. The number of halogens is 2. The summed E-state index contributed by atoms with van der Waals surface area (Å²) < 4.78 is 42.9. The number of anilines is 1.